The topological polar surface area (TPSA) is 75.5 Å². The van der Waals surface area contributed by atoms with Gasteiger partial charge in [0.05, 0.1) is 17.9 Å². The van der Waals surface area contributed by atoms with Gasteiger partial charge in [0, 0.05) is 43.3 Å². The lowest BCUT2D eigenvalue weighted by molar-refractivity contribution is -0.139. The van der Waals surface area contributed by atoms with Crippen molar-refractivity contribution in [3.8, 4) is 5.69 Å². The van der Waals surface area contributed by atoms with Crippen LogP contribution >= 0.6 is 0 Å². The van der Waals surface area contributed by atoms with Crippen molar-refractivity contribution in [2.75, 3.05) is 7.05 Å². The number of carbonyl (C=O) groups is 3. The van der Waals surface area contributed by atoms with Crippen molar-refractivity contribution in [1.29, 1.82) is 0 Å². The molecule has 0 radical (unpaired) electrons. The first-order chi connectivity index (χ1) is 15.3. The van der Waals surface area contributed by atoms with Gasteiger partial charge >= 0.3 is 0 Å². The Bertz CT molecular complexity index is 1150. The second-order valence-electron chi connectivity index (χ2n) is 8.13. The first kappa shape index (κ1) is 21.5. The standard InChI is InChI=1S/C25H26N4O3/c1-17-22(18(2)29(26-17)21-7-5-4-6-8-21)16-27(3)25(32)20-11-9-19(10-12-20)15-28-23(30)13-14-24(28)31/h4-12H,13-16H2,1-3H3. The van der Waals surface area contributed by atoms with E-state index in [0.717, 1.165) is 28.2 Å². The molecule has 164 valence electrons. The molecule has 7 heteroatoms. The van der Waals surface area contributed by atoms with Gasteiger partial charge in [0.15, 0.2) is 0 Å². The molecule has 4 rings (SSSR count). The first-order valence-corrected chi connectivity index (χ1v) is 10.6. The van der Waals surface area contributed by atoms with Crippen LogP contribution in [0.2, 0.25) is 0 Å². The molecule has 2 heterocycles. The largest absolute Gasteiger partial charge is 0.337 e. The number of para-hydroxylation sites is 1. The Morgan fingerprint density at radius 1 is 0.969 bits per heavy atom. The van der Waals surface area contributed by atoms with E-state index in [1.54, 1.807) is 36.2 Å². The number of carbonyl (C=O) groups excluding carboxylic acids is 3. The van der Waals surface area contributed by atoms with Gasteiger partial charge in [-0.05, 0) is 43.7 Å². The van der Waals surface area contributed by atoms with E-state index in [-0.39, 0.29) is 37.1 Å². The highest BCUT2D eigenvalue weighted by atomic mass is 16.2. The summed E-state index contributed by atoms with van der Waals surface area (Å²) in [6.45, 7) is 4.66. The number of benzene rings is 2. The monoisotopic (exact) mass is 430 g/mol. The highest BCUT2D eigenvalue weighted by Gasteiger charge is 2.28. The summed E-state index contributed by atoms with van der Waals surface area (Å²) in [5.41, 5.74) is 5.28. The Morgan fingerprint density at radius 3 is 2.22 bits per heavy atom. The molecule has 3 aromatic rings. The normalized spacial score (nSPS) is 13.7. The summed E-state index contributed by atoms with van der Waals surface area (Å²) in [7, 11) is 1.77. The molecule has 1 saturated heterocycles. The van der Waals surface area contributed by atoms with E-state index in [1.165, 1.54) is 4.90 Å². The van der Waals surface area contributed by atoms with E-state index in [0.29, 0.717) is 12.1 Å². The Kier molecular flexibility index (Phi) is 5.90. The minimum absolute atomic E-state index is 0.101. The van der Waals surface area contributed by atoms with Crippen LogP contribution in [0.4, 0.5) is 0 Å². The SMILES string of the molecule is Cc1nn(-c2ccccc2)c(C)c1CN(C)C(=O)c1ccc(CN2C(=O)CCC2=O)cc1. The molecule has 3 amide bonds. The summed E-state index contributed by atoms with van der Waals surface area (Å²) < 4.78 is 1.90. The summed E-state index contributed by atoms with van der Waals surface area (Å²) in [6, 6.07) is 17.0. The van der Waals surface area contributed by atoms with E-state index in [2.05, 4.69) is 5.10 Å². The summed E-state index contributed by atoms with van der Waals surface area (Å²) in [4.78, 5) is 39.6. The van der Waals surface area contributed by atoms with Crippen molar-refractivity contribution in [3.63, 3.8) is 0 Å². The van der Waals surface area contributed by atoms with E-state index >= 15 is 0 Å². The predicted octanol–water partition coefficient (Wildman–Crippen LogP) is 3.41. The van der Waals surface area contributed by atoms with Gasteiger partial charge in [-0.1, -0.05) is 30.3 Å². The molecule has 0 N–H and O–H groups in total. The van der Waals surface area contributed by atoms with E-state index < -0.39 is 0 Å². The average molecular weight is 431 g/mol. The third-order valence-corrected chi connectivity index (χ3v) is 5.88. The van der Waals surface area contributed by atoms with Crippen LogP contribution in [-0.4, -0.2) is 44.3 Å². The van der Waals surface area contributed by atoms with Crippen LogP contribution in [0.15, 0.2) is 54.6 Å². The third-order valence-electron chi connectivity index (χ3n) is 5.88. The van der Waals surface area contributed by atoms with Crippen molar-refractivity contribution in [2.45, 2.75) is 39.8 Å². The van der Waals surface area contributed by atoms with Crippen LogP contribution in [0.3, 0.4) is 0 Å². The average Bonchev–Trinajstić information content (AvgIpc) is 3.27. The van der Waals surface area contributed by atoms with Gasteiger partial charge < -0.3 is 4.90 Å². The number of imide groups is 1. The van der Waals surface area contributed by atoms with Crippen LogP contribution in [0.25, 0.3) is 5.69 Å². The van der Waals surface area contributed by atoms with E-state index in [9.17, 15) is 14.4 Å². The summed E-state index contributed by atoms with van der Waals surface area (Å²) >= 11 is 0. The lowest BCUT2D eigenvalue weighted by Gasteiger charge is -2.18. The maximum atomic E-state index is 13.0. The van der Waals surface area contributed by atoms with Gasteiger partial charge in [0.25, 0.3) is 5.91 Å². The van der Waals surface area contributed by atoms with Crippen molar-refractivity contribution < 1.29 is 14.4 Å². The van der Waals surface area contributed by atoms with Gasteiger partial charge in [0.2, 0.25) is 11.8 Å². The van der Waals surface area contributed by atoms with Crippen molar-refractivity contribution in [1.82, 2.24) is 19.6 Å². The summed E-state index contributed by atoms with van der Waals surface area (Å²) in [5.74, 6) is -0.385. The van der Waals surface area contributed by atoms with Crippen molar-refractivity contribution >= 4 is 17.7 Å². The first-order valence-electron chi connectivity index (χ1n) is 10.6. The molecule has 0 atom stereocenters. The minimum atomic E-state index is -0.142. The number of nitrogens with zero attached hydrogens (tertiary/aromatic N) is 4. The molecule has 0 saturated carbocycles. The quantitative estimate of drug-likeness (QED) is 0.562. The maximum absolute atomic E-state index is 13.0. The number of rotatable bonds is 6. The second-order valence-corrected chi connectivity index (χ2v) is 8.13. The maximum Gasteiger partial charge on any atom is 0.253 e. The molecule has 1 fully saturated rings. The fourth-order valence-corrected chi connectivity index (χ4v) is 3.99. The fraction of sp³-hybridized carbons (Fsp3) is 0.280. The van der Waals surface area contributed by atoms with Crippen molar-refractivity contribution in [3.05, 3.63) is 82.7 Å². The summed E-state index contributed by atoms with van der Waals surface area (Å²) in [6.07, 6.45) is 0.555. The Hall–Kier alpha value is -3.74. The highest BCUT2D eigenvalue weighted by Crippen LogP contribution is 2.21. The molecule has 1 aliphatic rings. The number of hydrogen-bond acceptors (Lipinski definition) is 4. The molecular weight excluding hydrogens is 404 g/mol. The molecule has 1 aromatic heterocycles. The zero-order chi connectivity index (χ0) is 22.8. The molecule has 0 bridgehead atoms. The lowest BCUT2D eigenvalue weighted by atomic mass is 10.1. The van der Waals surface area contributed by atoms with Crippen LogP contribution < -0.4 is 0 Å². The van der Waals surface area contributed by atoms with Crippen LogP contribution in [-0.2, 0) is 22.7 Å². The molecule has 7 nitrogen and oxygen atoms in total. The number of aromatic nitrogens is 2. The molecule has 0 aliphatic carbocycles. The van der Waals surface area contributed by atoms with Gasteiger partial charge in [-0.25, -0.2) is 4.68 Å². The van der Waals surface area contributed by atoms with Crippen LogP contribution in [0.1, 0.15) is 45.7 Å². The number of amides is 3. The fourth-order valence-electron chi connectivity index (χ4n) is 3.99. The van der Waals surface area contributed by atoms with Crippen LogP contribution in [0, 0.1) is 13.8 Å². The Balaban J connectivity index is 1.46. The molecule has 0 spiro atoms. The number of likely N-dealkylation sites (tertiary alicyclic amines) is 1. The predicted molar refractivity (Wildman–Crippen MR) is 120 cm³/mol. The van der Waals surface area contributed by atoms with Crippen LogP contribution in [0.5, 0.6) is 0 Å². The second kappa shape index (κ2) is 8.78. The zero-order valence-corrected chi connectivity index (χ0v) is 18.5. The smallest absolute Gasteiger partial charge is 0.253 e. The number of hydrogen-bond donors (Lipinski definition) is 0. The summed E-state index contributed by atoms with van der Waals surface area (Å²) in [5, 5.41) is 4.66. The van der Waals surface area contributed by atoms with Gasteiger partial charge in [-0.2, -0.15) is 5.10 Å². The van der Waals surface area contributed by atoms with E-state index in [1.807, 2.05) is 48.9 Å². The minimum Gasteiger partial charge on any atom is -0.337 e. The molecule has 32 heavy (non-hydrogen) atoms. The van der Waals surface area contributed by atoms with E-state index in [4.69, 9.17) is 0 Å². The zero-order valence-electron chi connectivity index (χ0n) is 18.5. The van der Waals surface area contributed by atoms with Gasteiger partial charge in [-0.3, -0.25) is 19.3 Å². The Labute approximate surface area is 187 Å². The molecular formula is C25H26N4O3. The van der Waals surface area contributed by atoms with Gasteiger partial charge in [0.1, 0.15) is 0 Å². The highest BCUT2D eigenvalue weighted by molar-refractivity contribution is 6.01. The molecule has 0 unspecified atom stereocenters. The lowest BCUT2D eigenvalue weighted by Crippen LogP contribution is -2.28. The Morgan fingerprint density at radius 2 is 1.59 bits per heavy atom. The third kappa shape index (κ3) is 4.19. The molecule has 2 aromatic carbocycles. The number of aryl methyl sites for hydroxylation is 1. The van der Waals surface area contributed by atoms with Crippen molar-refractivity contribution in [2.24, 2.45) is 0 Å². The van der Waals surface area contributed by atoms with Gasteiger partial charge in [-0.15, -0.1) is 0 Å². The molecule has 1 aliphatic heterocycles.